The highest BCUT2D eigenvalue weighted by atomic mass is 32.2. The van der Waals surface area contributed by atoms with Gasteiger partial charge in [-0.15, -0.1) is 0 Å². The second-order valence-corrected chi connectivity index (χ2v) is 4.99. The molecule has 0 fully saturated rings. The highest BCUT2D eigenvalue weighted by molar-refractivity contribution is 7.93. The topological polar surface area (TPSA) is 71.4 Å². The summed E-state index contributed by atoms with van der Waals surface area (Å²) >= 11 is 0. The van der Waals surface area contributed by atoms with Gasteiger partial charge in [0.05, 0.1) is 5.25 Å². The molecule has 0 aromatic rings. The van der Waals surface area contributed by atoms with Crippen LogP contribution in [0.25, 0.3) is 0 Å². The molecule has 0 aromatic heterocycles. The van der Waals surface area contributed by atoms with E-state index in [9.17, 15) is 22.0 Å². The zero-order valence-electron chi connectivity index (χ0n) is 7.12. The maximum Gasteiger partial charge on any atom is 0.439 e. The van der Waals surface area contributed by atoms with Crippen LogP contribution in [0.3, 0.4) is 0 Å². The van der Waals surface area contributed by atoms with Gasteiger partial charge in [0.2, 0.25) is 9.84 Å². The van der Waals surface area contributed by atoms with E-state index in [1.165, 1.54) is 6.92 Å². The quantitative estimate of drug-likeness (QED) is 0.757. The molecule has 0 heterocycles. The molecule has 0 bridgehead atoms. The number of hydrogen-bond donors (Lipinski definition) is 1. The normalized spacial score (nSPS) is 15.4. The van der Waals surface area contributed by atoms with Gasteiger partial charge in [0.15, 0.2) is 0 Å². The predicted octanol–water partition coefficient (Wildman–Crippen LogP) is 0.877. The van der Waals surface area contributed by atoms with Gasteiger partial charge < -0.3 is 5.11 Å². The van der Waals surface area contributed by atoms with E-state index in [0.717, 1.165) is 6.92 Å². The molecule has 78 valence electrons. The first kappa shape index (κ1) is 12.3. The van der Waals surface area contributed by atoms with Crippen molar-refractivity contribution in [2.75, 3.05) is 0 Å². The van der Waals surface area contributed by atoms with Gasteiger partial charge in [-0.3, -0.25) is 0 Å². The Hall–Kier alpha value is -0.720. The monoisotopic (exact) mass is 216 g/mol. The van der Waals surface area contributed by atoms with E-state index >= 15 is 0 Å². The number of rotatable bonds is 4. The summed E-state index contributed by atoms with van der Waals surface area (Å²) in [5, 5.41) is 1.94. The molecule has 0 saturated heterocycles. The van der Waals surface area contributed by atoms with Gasteiger partial charge in [0.1, 0.15) is 0 Å². The summed E-state index contributed by atoms with van der Waals surface area (Å²) in [6, 6.07) is 0. The van der Waals surface area contributed by atoms with Crippen LogP contribution in [0.2, 0.25) is 0 Å². The van der Waals surface area contributed by atoms with Crippen molar-refractivity contribution >= 4 is 15.8 Å². The summed E-state index contributed by atoms with van der Waals surface area (Å²) < 4.78 is 46.9. The summed E-state index contributed by atoms with van der Waals surface area (Å²) in [7, 11) is -4.92. The number of halogens is 2. The number of hydrogen-bond acceptors (Lipinski definition) is 3. The van der Waals surface area contributed by atoms with Gasteiger partial charge in [-0.25, -0.2) is 13.2 Å². The Morgan fingerprint density at radius 3 is 2.15 bits per heavy atom. The molecular formula is C6H10F2O4S. The average Bonchev–Trinajstić information content (AvgIpc) is 2.02. The number of aliphatic carboxylic acids is 1. The summed E-state index contributed by atoms with van der Waals surface area (Å²) in [6.07, 6.45) is -0.0504. The number of alkyl halides is 2. The van der Waals surface area contributed by atoms with Gasteiger partial charge in [0, 0.05) is 0 Å². The molecule has 0 rings (SSSR count). The minimum atomic E-state index is -4.92. The van der Waals surface area contributed by atoms with Crippen LogP contribution in [0.4, 0.5) is 8.78 Å². The smallest absolute Gasteiger partial charge is 0.439 e. The Bertz CT molecular complexity index is 296. The minimum Gasteiger partial charge on any atom is -0.476 e. The lowest BCUT2D eigenvalue weighted by Gasteiger charge is -2.16. The Morgan fingerprint density at radius 1 is 1.54 bits per heavy atom. The molecule has 0 amide bonds. The van der Waals surface area contributed by atoms with Crippen LogP contribution in [0.15, 0.2) is 0 Å². The van der Waals surface area contributed by atoms with E-state index in [2.05, 4.69) is 0 Å². The number of carboxylic acid groups (broad SMARTS) is 1. The van der Waals surface area contributed by atoms with Crippen LogP contribution in [0, 0.1) is 0 Å². The fourth-order valence-electron chi connectivity index (χ4n) is 0.594. The lowest BCUT2D eigenvalue weighted by atomic mass is 10.4. The fourth-order valence-corrected chi connectivity index (χ4v) is 1.78. The van der Waals surface area contributed by atoms with Crippen molar-refractivity contribution in [3.05, 3.63) is 0 Å². The molecule has 0 radical (unpaired) electrons. The fraction of sp³-hybridized carbons (Fsp3) is 0.833. The maximum atomic E-state index is 12.6. The summed E-state index contributed by atoms with van der Waals surface area (Å²) in [5.74, 6) is -2.63. The zero-order valence-corrected chi connectivity index (χ0v) is 7.94. The Kier molecular flexibility index (Phi) is 3.37. The molecule has 0 aliphatic rings. The molecular weight excluding hydrogens is 206 g/mol. The lowest BCUT2D eigenvalue weighted by molar-refractivity contribution is -0.153. The molecule has 4 nitrogen and oxygen atoms in total. The van der Waals surface area contributed by atoms with Crippen LogP contribution in [0.5, 0.6) is 0 Å². The first-order chi connectivity index (χ1) is 5.67. The van der Waals surface area contributed by atoms with Crippen molar-refractivity contribution < 1.29 is 27.1 Å². The van der Waals surface area contributed by atoms with Crippen molar-refractivity contribution in [3.63, 3.8) is 0 Å². The standard InChI is InChI=1S/C6H10F2O4S/c1-3-4(2)13(11,12)6(7,8)5(9)10/h4H,3H2,1-2H3,(H,9,10). The van der Waals surface area contributed by atoms with Gasteiger partial charge in [0.25, 0.3) is 0 Å². The van der Waals surface area contributed by atoms with Gasteiger partial charge >= 0.3 is 11.2 Å². The molecule has 0 aromatic carbocycles. The highest BCUT2D eigenvalue weighted by Crippen LogP contribution is 2.27. The molecule has 1 atom stereocenters. The van der Waals surface area contributed by atoms with Crippen molar-refractivity contribution in [2.45, 2.75) is 30.8 Å². The SMILES string of the molecule is CCC(C)S(=O)(=O)C(F)(F)C(=O)O. The van der Waals surface area contributed by atoms with E-state index in [0.29, 0.717) is 0 Å². The third-order valence-electron chi connectivity index (χ3n) is 1.71. The van der Waals surface area contributed by atoms with E-state index in [1.54, 1.807) is 0 Å². The van der Waals surface area contributed by atoms with E-state index in [1.807, 2.05) is 0 Å². The van der Waals surface area contributed by atoms with Gasteiger partial charge in [-0.2, -0.15) is 8.78 Å². The van der Waals surface area contributed by atoms with Crippen LogP contribution >= 0.6 is 0 Å². The van der Waals surface area contributed by atoms with Crippen molar-refractivity contribution in [1.82, 2.24) is 0 Å². The van der Waals surface area contributed by atoms with Crippen LogP contribution in [0.1, 0.15) is 20.3 Å². The second kappa shape index (κ2) is 3.57. The third-order valence-corrected chi connectivity index (χ3v) is 3.99. The average molecular weight is 216 g/mol. The summed E-state index contributed by atoms with van der Waals surface area (Å²) in [4.78, 5) is 9.96. The minimum absolute atomic E-state index is 0.0504. The van der Waals surface area contributed by atoms with Crippen LogP contribution < -0.4 is 0 Å². The molecule has 0 aliphatic heterocycles. The Labute approximate surface area is 74.5 Å². The molecule has 0 saturated carbocycles. The highest BCUT2D eigenvalue weighted by Gasteiger charge is 2.54. The lowest BCUT2D eigenvalue weighted by Crippen LogP contribution is -2.42. The Morgan fingerprint density at radius 2 is 1.92 bits per heavy atom. The van der Waals surface area contributed by atoms with Crippen molar-refractivity contribution in [3.8, 4) is 0 Å². The summed E-state index contributed by atoms with van der Waals surface area (Å²) in [6.45, 7) is 2.44. The second-order valence-electron chi connectivity index (χ2n) is 2.59. The zero-order chi connectivity index (χ0) is 10.9. The number of carbonyl (C=O) groups is 1. The van der Waals surface area contributed by atoms with Crippen molar-refractivity contribution in [1.29, 1.82) is 0 Å². The van der Waals surface area contributed by atoms with Crippen LogP contribution in [-0.4, -0.2) is 30.0 Å². The maximum absolute atomic E-state index is 12.6. The number of carboxylic acids is 1. The molecule has 0 aliphatic carbocycles. The van der Waals surface area contributed by atoms with E-state index in [-0.39, 0.29) is 6.42 Å². The Balaban J connectivity index is 5.17. The van der Waals surface area contributed by atoms with Gasteiger partial charge in [-0.1, -0.05) is 6.92 Å². The van der Waals surface area contributed by atoms with Gasteiger partial charge in [-0.05, 0) is 13.3 Å². The molecule has 7 heteroatoms. The largest absolute Gasteiger partial charge is 0.476 e. The molecule has 0 spiro atoms. The summed E-state index contributed by atoms with van der Waals surface area (Å²) in [5.41, 5.74) is 0. The molecule has 1 N–H and O–H groups in total. The first-order valence-corrected chi connectivity index (χ1v) is 5.07. The third kappa shape index (κ3) is 1.96. The van der Waals surface area contributed by atoms with Crippen molar-refractivity contribution in [2.24, 2.45) is 0 Å². The van der Waals surface area contributed by atoms with Crippen LogP contribution in [-0.2, 0) is 14.6 Å². The first-order valence-electron chi connectivity index (χ1n) is 3.52. The van der Waals surface area contributed by atoms with E-state index < -0.39 is 26.3 Å². The predicted molar refractivity (Wildman–Crippen MR) is 41.3 cm³/mol. The molecule has 13 heavy (non-hydrogen) atoms. The molecule has 1 unspecified atom stereocenters. The van der Waals surface area contributed by atoms with E-state index in [4.69, 9.17) is 5.11 Å². The number of sulfone groups is 1.